The minimum Gasteiger partial charge on any atom is -0.469 e. The maximum Gasteiger partial charge on any atom is 0.310 e. The van der Waals surface area contributed by atoms with Gasteiger partial charge in [0.2, 0.25) is 0 Å². The van der Waals surface area contributed by atoms with Gasteiger partial charge in [0.25, 0.3) is 0 Å². The summed E-state index contributed by atoms with van der Waals surface area (Å²) in [6.45, 7) is 1.82. The summed E-state index contributed by atoms with van der Waals surface area (Å²) < 4.78 is 4.92. The quantitative estimate of drug-likeness (QED) is 0.731. The largest absolute Gasteiger partial charge is 0.469 e. The molecule has 2 atom stereocenters. The molecule has 1 aliphatic rings. The predicted octanol–water partition coefficient (Wildman–Crippen LogP) is 1.89. The molecule has 0 aliphatic carbocycles. The summed E-state index contributed by atoms with van der Waals surface area (Å²) in [5.41, 5.74) is 1.25. The summed E-state index contributed by atoms with van der Waals surface area (Å²) in [4.78, 5) is 14.0. The van der Waals surface area contributed by atoms with Crippen LogP contribution >= 0.6 is 0 Å². The highest BCUT2D eigenvalue weighted by Crippen LogP contribution is 2.33. The number of rotatable bonds is 2. The van der Waals surface area contributed by atoms with Crippen LogP contribution < -0.4 is 0 Å². The summed E-state index contributed by atoms with van der Waals surface area (Å²) in [7, 11) is 3.52. The van der Waals surface area contributed by atoms with Crippen LogP contribution in [-0.4, -0.2) is 38.1 Å². The topological polar surface area (TPSA) is 29.5 Å². The first-order valence-electron chi connectivity index (χ1n) is 6.03. The van der Waals surface area contributed by atoms with Crippen molar-refractivity contribution in [2.75, 3.05) is 27.2 Å². The number of hydrogen-bond acceptors (Lipinski definition) is 3. The molecule has 1 heterocycles. The highest BCUT2D eigenvalue weighted by Gasteiger charge is 2.34. The van der Waals surface area contributed by atoms with Gasteiger partial charge in [-0.05, 0) is 31.5 Å². The molecule has 1 saturated heterocycles. The summed E-state index contributed by atoms with van der Waals surface area (Å²) in [5, 5.41) is 0. The van der Waals surface area contributed by atoms with Gasteiger partial charge in [0.05, 0.1) is 13.0 Å². The zero-order valence-electron chi connectivity index (χ0n) is 10.4. The van der Waals surface area contributed by atoms with Gasteiger partial charge in [0.15, 0.2) is 0 Å². The van der Waals surface area contributed by atoms with Gasteiger partial charge in [-0.3, -0.25) is 4.79 Å². The third-order valence-corrected chi connectivity index (χ3v) is 3.55. The van der Waals surface area contributed by atoms with Crippen molar-refractivity contribution in [1.29, 1.82) is 0 Å². The monoisotopic (exact) mass is 233 g/mol. The predicted molar refractivity (Wildman–Crippen MR) is 66.8 cm³/mol. The molecule has 3 nitrogen and oxygen atoms in total. The molecule has 2 rings (SSSR count). The molecular weight excluding hydrogens is 214 g/mol. The first-order chi connectivity index (χ1) is 8.22. The Morgan fingerprint density at radius 2 is 2.06 bits per heavy atom. The molecule has 0 spiro atoms. The van der Waals surface area contributed by atoms with Gasteiger partial charge in [0, 0.05) is 6.54 Å². The van der Waals surface area contributed by atoms with Gasteiger partial charge in [-0.15, -0.1) is 0 Å². The van der Waals surface area contributed by atoms with E-state index in [1.54, 1.807) is 0 Å². The first kappa shape index (κ1) is 12.1. The minimum atomic E-state index is -0.0922. The number of nitrogens with zero attached hydrogens (tertiary/aromatic N) is 1. The van der Waals surface area contributed by atoms with Crippen LogP contribution in [-0.2, 0) is 9.53 Å². The van der Waals surface area contributed by atoms with E-state index in [4.69, 9.17) is 4.74 Å². The maximum absolute atomic E-state index is 11.8. The van der Waals surface area contributed by atoms with Crippen LogP contribution in [0.4, 0.5) is 0 Å². The molecule has 1 aliphatic heterocycles. The average Bonchev–Trinajstić information content (AvgIpc) is 2.38. The Labute approximate surface area is 102 Å². The van der Waals surface area contributed by atoms with Gasteiger partial charge >= 0.3 is 5.97 Å². The number of ether oxygens (including phenoxy) is 1. The average molecular weight is 233 g/mol. The zero-order valence-corrected chi connectivity index (χ0v) is 10.4. The molecule has 1 aromatic rings. The second kappa shape index (κ2) is 5.32. The lowest BCUT2D eigenvalue weighted by atomic mass is 9.80. The van der Waals surface area contributed by atoms with Crippen molar-refractivity contribution in [3.63, 3.8) is 0 Å². The number of methoxy groups -OCH3 is 1. The fraction of sp³-hybridized carbons (Fsp3) is 0.500. The van der Waals surface area contributed by atoms with Crippen LogP contribution in [0.15, 0.2) is 30.3 Å². The number of esters is 1. The van der Waals surface area contributed by atoms with E-state index in [1.165, 1.54) is 12.7 Å². The van der Waals surface area contributed by atoms with E-state index in [1.807, 2.05) is 18.2 Å². The Bertz CT molecular complexity index is 377. The number of carbonyl (C=O) groups is 1. The van der Waals surface area contributed by atoms with E-state index in [2.05, 4.69) is 24.1 Å². The van der Waals surface area contributed by atoms with Gasteiger partial charge in [0.1, 0.15) is 0 Å². The maximum atomic E-state index is 11.8. The Morgan fingerprint density at radius 1 is 1.35 bits per heavy atom. The van der Waals surface area contributed by atoms with Crippen LogP contribution in [0.25, 0.3) is 0 Å². The standard InChI is InChI=1S/C14H19NO2/c1-15-9-8-12(11-6-4-3-5-7-11)13(10-15)14(16)17-2/h3-7,12-13H,8-10H2,1-2H3/t12-,13+/m0/s1. The van der Waals surface area contributed by atoms with Gasteiger partial charge in [-0.25, -0.2) is 0 Å². The third kappa shape index (κ3) is 2.67. The van der Waals surface area contributed by atoms with E-state index >= 15 is 0 Å². The minimum absolute atomic E-state index is 0.0406. The molecule has 1 fully saturated rings. The van der Waals surface area contributed by atoms with Gasteiger partial charge < -0.3 is 9.64 Å². The normalized spacial score (nSPS) is 25.5. The van der Waals surface area contributed by atoms with Crippen molar-refractivity contribution in [3.05, 3.63) is 35.9 Å². The number of carbonyl (C=O) groups excluding carboxylic acids is 1. The zero-order chi connectivity index (χ0) is 12.3. The number of piperidine rings is 1. The van der Waals surface area contributed by atoms with Gasteiger partial charge in [-0.2, -0.15) is 0 Å². The molecule has 3 heteroatoms. The molecule has 0 radical (unpaired) electrons. The van der Waals surface area contributed by atoms with E-state index in [9.17, 15) is 4.79 Å². The fourth-order valence-electron chi connectivity index (χ4n) is 2.60. The molecular formula is C14H19NO2. The van der Waals surface area contributed by atoms with Crippen molar-refractivity contribution in [2.24, 2.45) is 5.92 Å². The van der Waals surface area contributed by atoms with Crippen molar-refractivity contribution in [1.82, 2.24) is 4.90 Å². The van der Waals surface area contributed by atoms with E-state index in [-0.39, 0.29) is 11.9 Å². The third-order valence-electron chi connectivity index (χ3n) is 3.55. The number of hydrogen-bond donors (Lipinski definition) is 0. The number of benzene rings is 1. The summed E-state index contributed by atoms with van der Waals surface area (Å²) >= 11 is 0. The summed E-state index contributed by atoms with van der Waals surface area (Å²) in [5.74, 6) is 0.159. The Hall–Kier alpha value is -1.35. The van der Waals surface area contributed by atoms with Crippen molar-refractivity contribution in [3.8, 4) is 0 Å². The van der Waals surface area contributed by atoms with Crippen molar-refractivity contribution in [2.45, 2.75) is 12.3 Å². The molecule has 0 aromatic heterocycles. The highest BCUT2D eigenvalue weighted by atomic mass is 16.5. The Morgan fingerprint density at radius 3 is 2.71 bits per heavy atom. The second-order valence-corrected chi connectivity index (χ2v) is 4.70. The van der Waals surface area contributed by atoms with Crippen molar-refractivity contribution < 1.29 is 9.53 Å². The van der Waals surface area contributed by atoms with Crippen LogP contribution in [0.3, 0.4) is 0 Å². The van der Waals surface area contributed by atoms with Crippen molar-refractivity contribution >= 4 is 5.97 Å². The summed E-state index contributed by atoms with van der Waals surface area (Å²) in [6.07, 6.45) is 1.01. The fourth-order valence-corrected chi connectivity index (χ4v) is 2.60. The molecule has 17 heavy (non-hydrogen) atoms. The lowest BCUT2D eigenvalue weighted by Crippen LogP contribution is -2.41. The lowest BCUT2D eigenvalue weighted by Gasteiger charge is -2.35. The second-order valence-electron chi connectivity index (χ2n) is 4.70. The van der Waals surface area contributed by atoms with E-state index in [0.717, 1.165) is 19.5 Å². The van der Waals surface area contributed by atoms with Crippen LogP contribution in [0.2, 0.25) is 0 Å². The first-order valence-corrected chi connectivity index (χ1v) is 6.03. The van der Waals surface area contributed by atoms with E-state index < -0.39 is 0 Å². The van der Waals surface area contributed by atoms with Crippen LogP contribution in [0, 0.1) is 5.92 Å². The molecule has 0 saturated carbocycles. The van der Waals surface area contributed by atoms with Crippen LogP contribution in [0.1, 0.15) is 17.9 Å². The SMILES string of the molecule is COC(=O)[C@@H]1CN(C)CC[C@H]1c1ccccc1. The molecule has 0 amide bonds. The Kier molecular flexibility index (Phi) is 3.79. The molecule has 0 N–H and O–H groups in total. The van der Waals surface area contributed by atoms with Gasteiger partial charge in [-0.1, -0.05) is 30.3 Å². The van der Waals surface area contributed by atoms with E-state index in [0.29, 0.717) is 5.92 Å². The molecule has 92 valence electrons. The molecule has 1 aromatic carbocycles. The Balaban J connectivity index is 2.22. The highest BCUT2D eigenvalue weighted by molar-refractivity contribution is 5.74. The molecule has 0 unspecified atom stereocenters. The molecule has 0 bridgehead atoms. The number of likely N-dealkylation sites (tertiary alicyclic amines) is 1. The summed E-state index contributed by atoms with van der Waals surface area (Å²) in [6, 6.07) is 10.3. The smallest absolute Gasteiger partial charge is 0.310 e. The lowest BCUT2D eigenvalue weighted by molar-refractivity contribution is -0.148. The van der Waals surface area contributed by atoms with Crippen LogP contribution in [0.5, 0.6) is 0 Å².